The Morgan fingerprint density at radius 3 is 1.00 bits per heavy atom. The number of likely N-dealkylation sites (tertiary alicyclic amines) is 6. The van der Waals surface area contributed by atoms with Crippen LogP contribution in [0, 0.1) is 136 Å². The molecular weight excluding hydrogens is 1380 g/mol. The van der Waals surface area contributed by atoms with E-state index in [0.29, 0.717) is 0 Å². The lowest BCUT2D eigenvalue weighted by Crippen LogP contribution is -2.41. The number of aryl methyl sites for hydroxylation is 6. The molecular formula is C103H188N8S. The van der Waals surface area contributed by atoms with Gasteiger partial charge in [-0.25, -0.2) is 4.37 Å². The maximum Gasteiger partial charge on any atom is 0.0438 e. The van der Waals surface area contributed by atoms with Crippen LogP contribution in [-0.4, -0.2) is 151 Å². The third-order valence-electron chi connectivity index (χ3n) is 29.4. The van der Waals surface area contributed by atoms with Crippen LogP contribution in [0.5, 0.6) is 0 Å². The second-order valence-electron chi connectivity index (χ2n) is 38.6. The maximum absolute atomic E-state index is 3.96. The number of rotatable bonds is 8. The lowest BCUT2D eigenvalue weighted by molar-refractivity contribution is 0.120. The summed E-state index contributed by atoms with van der Waals surface area (Å²) in [4.78, 5) is 16.8. The quantitative estimate of drug-likeness (QED) is 0.175. The zero-order valence-corrected chi connectivity index (χ0v) is 80.2. The molecule has 18 unspecified atom stereocenters. The molecule has 646 valence electrons. The van der Waals surface area contributed by atoms with Gasteiger partial charge in [-0.1, -0.05) is 280 Å². The van der Waals surface area contributed by atoms with Crippen molar-refractivity contribution >= 4 is 11.5 Å². The minimum atomic E-state index is 0.818. The number of nitrogens with one attached hydrogen (secondary N) is 1. The molecule has 112 heavy (non-hydrogen) atoms. The van der Waals surface area contributed by atoms with Gasteiger partial charge in [-0.15, -0.1) is 0 Å². The second kappa shape index (κ2) is 58.8. The molecule has 0 bridgehead atoms. The average molecular weight is 1570 g/mol. The highest BCUT2D eigenvalue weighted by Crippen LogP contribution is 2.31. The van der Waals surface area contributed by atoms with Crippen LogP contribution >= 0.6 is 11.5 Å². The first-order chi connectivity index (χ1) is 53.3. The van der Waals surface area contributed by atoms with E-state index in [1.165, 1.54) is 264 Å². The Labute approximate surface area is 703 Å². The highest BCUT2D eigenvalue weighted by atomic mass is 32.1. The van der Waals surface area contributed by atoms with Crippen molar-refractivity contribution in [1.82, 2.24) is 39.1 Å². The van der Waals surface area contributed by atoms with E-state index >= 15 is 0 Å². The Kier molecular flexibility index (Phi) is 54.2. The largest absolute Gasteiger partial charge is 0.316 e. The Morgan fingerprint density at radius 1 is 0.321 bits per heavy atom. The van der Waals surface area contributed by atoms with E-state index in [-0.39, 0.29) is 0 Å². The summed E-state index contributed by atoms with van der Waals surface area (Å²) >= 11 is 1.55. The Bertz CT molecular complexity index is 2770. The fourth-order valence-corrected chi connectivity index (χ4v) is 17.9. The molecule has 9 fully saturated rings. The molecule has 18 atom stereocenters. The zero-order valence-electron chi connectivity index (χ0n) is 79.4. The van der Waals surface area contributed by atoms with E-state index in [1.54, 1.807) is 11.5 Å². The van der Waals surface area contributed by atoms with Gasteiger partial charge in [0, 0.05) is 62.4 Å². The van der Waals surface area contributed by atoms with Crippen LogP contribution in [0.15, 0.2) is 79.0 Å². The number of benzene rings is 3. The molecule has 1 aromatic heterocycles. The molecule has 2 aliphatic carbocycles. The second-order valence-corrected chi connectivity index (χ2v) is 39.6. The Hall–Kier alpha value is -2.99. The lowest BCUT2D eigenvalue weighted by atomic mass is 9.82. The normalized spacial score (nSPS) is 30.6. The van der Waals surface area contributed by atoms with Crippen LogP contribution in [-0.2, 0) is 13.1 Å². The van der Waals surface area contributed by atoms with Crippen molar-refractivity contribution in [3.63, 3.8) is 0 Å². The summed E-state index contributed by atoms with van der Waals surface area (Å²) in [7, 11) is 0. The van der Waals surface area contributed by atoms with Gasteiger partial charge in [0.15, 0.2) is 0 Å². The fourth-order valence-electron chi connectivity index (χ4n) is 17.3. The van der Waals surface area contributed by atoms with Gasteiger partial charge in [-0.05, 0) is 326 Å². The molecule has 9 aliphatic rings. The van der Waals surface area contributed by atoms with Crippen LogP contribution in [0.1, 0.15) is 312 Å². The zero-order chi connectivity index (χ0) is 83.2. The predicted octanol–water partition coefficient (Wildman–Crippen LogP) is 26.5. The van der Waals surface area contributed by atoms with Crippen LogP contribution in [0.4, 0.5) is 0 Å². The van der Waals surface area contributed by atoms with Crippen LogP contribution in [0.2, 0.25) is 0 Å². The minimum Gasteiger partial charge on any atom is -0.316 e. The average Bonchev–Trinajstić information content (AvgIpc) is 1.03. The van der Waals surface area contributed by atoms with Gasteiger partial charge in [0.05, 0.1) is 0 Å². The van der Waals surface area contributed by atoms with Gasteiger partial charge < -0.3 is 24.9 Å². The third kappa shape index (κ3) is 42.6. The lowest BCUT2D eigenvalue weighted by Gasteiger charge is -2.37. The van der Waals surface area contributed by atoms with Crippen molar-refractivity contribution in [2.45, 2.75) is 335 Å². The maximum atomic E-state index is 3.96. The topological polar surface area (TPSA) is 44.4 Å². The molecule has 9 heteroatoms. The van der Waals surface area contributed by atoms with Crippen LogP contribution in [0.25, 0.3) is 0 Å². The van der Waals surface area contributed by atoms with E-state index in [0.717, 1.165) is 120 Å². The first kappa shape index (κ1) is 103. The van der Waals surface area contributed by atoms with Crippen molar-refractivity contribution in [1.29, 1.82) is 0 Å². The van der Waals surface area contributed by atoms with E-state index < -0.39 is 0 Å². The molecule has 4 aromatic rings. The fraction of sp³-hybridized carbons (Fsp3) is 0.796. The summed E-state index contributed by atoms with van der Waals surface area (Å²) in [5.41, 5.74) is 9.67. The van der Waals surface area contributed by atoms with E-state index in [9.17, 15) is 0 Å². The van der Waals surface area contributed by atoms with Gasteiger partial charge in [0.2, 0.25) is 0 Å². The van der Waals surface area contributed by atoms with Crippen molar-refractivity contribution in [3.8, 4) is 0 Å². The molecule has 0 radical (unpaired) electrons. The van der Waals surface area contributed by atoms with E-state index in [1.807, 2.05) is 6.20 Å². The number of hydrogen-bond donors (Lipinski definition) is 1. The van der Waals surface area contributed by atoms with Gasteiger partial charge in [0.1, 0.15) is 0 Å². The standard InChI is InChI=1S/2C15H23N.4C9H19N.C9H18.C8H16.C8H10.C7H15N.C5H7NS/c1-12-4-6-15(7-5-12)11-16-9-8-13(2)14(3)10-16;1-12-5-4-6-15(9-12)11-16-8-7-13(2)14(3)10-16;2*1-4-10-6-5-8(2)9(3)7-10;2*1-4-10-7-5-6-8(2)9(10)3;1-8-6-4-3-5-7-9(8)2;2*1-7-5-3-4-6-8(7)2;1-6-3-4-8-5-7(6)2;1-4-3-6-7-5(4)2/h4-7,13-14H,8-11H2,1-3H3;4-6,9,13-14H,7-8,10-11H2,1-3H3;4*8-9H,4-7H2,1-3H3;8-9H,3-7H2,1-2H3;7-8H,3-6H2,1-2H3;3-6H,1-2H3;6-8H,3-5H2,1-2H3;3H,1-2H3. The molecule has 3 aromatic carbocycles. The van der Waals surface area contributed by atoms with Crippen molar-refractivity contribution in [2.24, 2.45) is 94.7 Å². The third-order valence-corrected chi connectivity index (χ3v) is 30.2. The molecule has 7 saturated heterocycles. The Morgan fingerprint density at radius 2 is 0.688 bits per heavy atom. The molecule has 13 rings (SSSR count). The first-order valence-corrected chi connectivity index (χ1v) is 48.2. The van der Waals surface area contributed by atoms with Crippen molar-refractivity contribution in [2.75, 3.05) is 105 Å². The minimum absolute atomic E-state index is 0.818. The van der Waals surface area contributed by atoms with Crippen molar-refractivity contribution in [3.05, 3.63) is 123 Å². The number of nitrogens with zero attached hydrogens (tertiary/aromatic N) is 7. The molecule has 8 nitrogen and oxygen atoms in total. The number of aromatic nitrogens is 1. The highest BCUT2D eigenvalue weighted by Gasteiger charge is 2.28. The highest BCUT2D eigenvalue weighted by molar-refractivity contribution is 7.05. The van der Waals surface area contributed by atoms with Gasteiger partial charge in [-0.2, -0.15) is 0 Å². The molecule has 1 N–H and O–H groups in total. The van der Waals surface area contributed by atoms with E-state index in [4.69, 9.17) is 0 Å². The van der Waals surface area contributed by atoms with Crippen LogP contribution < -0.4 is 5.32 Å². The predicted molar refractivity (Wildman–Crippen MR) is 501 cm³/mol. The monoisotopic (exact) mass is 1570 g/mol. The summed E-state index contributed by atoms with van der Waals surface area (Å²) in [6, 6.07) is 27.8. The number of hydrogen-bond acceptors (Lipinski definition) is 9. The SMILES string of the molecule is CC1CCCCC1C.CC1CCCCCC1C.CC1CCNCC1C.CCN1CCC(C)C(C)C1.CCN1CCC(C)C(C)C1.CCN1CCCC(C)C1C.CCN1CCCC(C)C1C.Cc1ccc(CN2CCC(C)C(C)C2)cc1.Cc1cccc(CN2CCC(C)C(C)C2)c1.Cc1ccccc1C.Cc1cnsc1C. The summed E-state index contributed by atoms with van der Waals surface area (Å²) in [6.45, 7) is 87.0. The summed E-state index contributed by atoms with van der Waals surface area (Å²) < 4.78 is 3.96. The molecule has 7 aliphatic heterocycles. The molecule has 0 amide bonds. The van der Waals surface area contributed by atoms with Gasteiger partial charge in [-0.3, -0.25) is 9.80 Å². The van der Waals surface area contributed by atoms with Gasteiger partial charge >= 0.3 is 0 Å². The summed E-state index contributed by atoms with van der Waals surface area (Å²) in [6.07, 6.45) is 27.7. The van der Waals surface area contributed by atoms with Crippen molar-refractivity contribution < 1.29 is 0 Å². The molecule has 2 saturated carbocycles. The Balaban J connectivity index is 0.000000322. The molecule has 8 heterocycles. The summed E-state index contributed by atoms with van der Waals surface area (Å²) in [5, 5.41) is 3.36. The first-order valence-electron chi connectivity index (χ1n) is 47.4. The number of piperidine rings is 7. The molecule has 0 spiro atoms. The van der Waals surface area contributed by atoms with Crippen LogP contribution in [0.3, 0.4) is 0 Å². The smallest absolute Gasteiger partial charge is 0.0438 e. The van der Waals surface area contributed by atoms with E-state index in [2.05, 4.69) is 306 Å². The van der Waals surface area contributed by atoms with Gasteiger partial charge in [0.25, 0.3) is 0 Å². The summed E-state index contributed by atoms with van der Waals surface area (Å²) in [5.74, 6) is 14.9.